The van der Waals surface area contributed by atoms with Crippen LogP contribution < -0.4 is 15.2 Å². The Balaban J connectivity index is 1.95. The lowest BCUT2D eigenvalue weighted by molar-refractivity contribution is 0.122. The molecule has 20 heavy (non-hydrogen) atoms. The number of aromatic nitrogens is 2. The van der Waals surface area contributed by atoms with E-state index in [-0.39, 0.29) is 0 Å². The Hall–Kier alpha value is -1.56. The van der Waals surface area contributed by atoms with Crippen LogP contribution in [-0.4, -0.2) is 47.7 Å². The number of ether oxygens (including phenoxy) is 2. The van der Waals surface area contributed by atoms with E-state index in [2.05, 4.69) is 21.9 Å². The van der Waals surface area contributed by atoms with Crippen molar-refractivity contribution in [3.05, 3.63) is 6.33 Å². The fraction of sp³-hybridized carbons (Fsp3) is 0.714. The van der Waals surface area contributed by atoms with E-state index < -0.39 is 0 Å². The van der Waals surface area contributed by atoms with Crippen molar-refractivity contribution in [3.63, 3.8) is 0 Å². The van der Waals surface area contributed by atoms with Crippen molar-refractivity contribution in [2.75, 3.05) is 32.5 Å². The van der Waals surface area contributed by atoms with Gasteiger partial charge in [0.05, 0.1) is 6.61 Å². The van der Waals surface area contributed by atoms with E-state index in [1.165, 1.54) is 19.2 Å². The molecular weight excluding hydrogens is 256 g/mol. The first kappa shape index (κ1) is 14.8. The fourth-order valence-corrected chi connectivity index (χ4v) is 2.32. The maximum atomic E-state index is 5.99. The lowest BCUT2D eigenvalue weighted by Gasteiger charge is -2.32. The third-order valence-electron chi connectivity index (χ3n) is 3.59. The van der Waals surface area contributed by atoms with Gasteiger partial charge in [-0.25, -0.2) is 0 Å². The van der Waals surface area contributed by atoms with Crippen molar-refractivity contribution < 1.29 is 9.47 Å². The van der Waals surface area contributed by atoms with Crippen LogP contribution in [0.5, 0.6) is 11.8 Å². The van der Waals surface area contributed by atoms with E-state index >= 15 is 0 Å². The Morgan fingerprint density at radius 2 is 2.05 bits per heavy atom. The zero-order valence-electron chi connectivity index (χ0n) is 12.3. The van der Waals surface area contributed by atoms with E-state index in [1.54, 1.807) is 0 Å². The Morgan fingerprint density at radius 3 is 2.75 bits per heavy atom. The summed E-state index contributed by atoms with van der Waals surface area (Å²) in [5.41, 5.74) is 6.37. The molecule has 1 aromatic rings. The molecule has 1 saturated heterocycles. The average Bonchev–Trinajstić information content (AvgIpc) is 2.46. The number of nitrogens with two attached hydrogens (primary N) is 1. The summed E-state index contributed by atoms with van der Waals surface area (Å²) < 4.78 is 11.2. The summed E-state index contributed by atoms with van der Waals surface area (Å²) in [5, 5.41) is 0. The third-order valence-corrected chi connectivity index (χ3v) is 3.59. The van der Waals surface area contributed by atoms with Crippen LogP contribution in [0.15, 0.2) is 6.33 Å². The number of nitrogens with zero attached hydrogens (tertiary/aromatic N) is 3. The van der Waals surface area contributed by atoms with Gasteiger partial charge in [0.2, 0.25) is 11.8 Å². The molecule has 2 heterocycles. The molecule has 1 unspecified atom stereocenters. The predicted molar refractivity (Wildman–Crippen MR) is 78.0 cm³/mol. The minimum atomic E-state index is 0.388. The van der Waals surface area contributed by atoms with E-state index in [4.69, 9.17) is 15.2 Å². The molecule has 2 rings (SSSR count). The van der Waals surface area contributed by atoms with Crippen LogP contribution in [0.1, 0.15) is 32.6 Å². The van der Waals surface area contributed by atoms with Crippen molar-refractivity contribution in [3.8, 4) is 11.8 Å². The van der Waals surface area contributed by atoms with E-state index in [1.807, 2.05) is 6.92 Å². The van der Waals surface area contributed by atoms with Gasteiger partial charge < -0.3 is 20.1 Å². The largest absolute Gasteiger partial charge is 0.476 e. The van der Waals surface area contributed by atoms with E-state index in [0.29, 0.717) is 36.7 Å². The molecule has 0 amide bonds. The maximum absolute atomic E-state index is 5.99. The standard InChI is InChI=1S/C14H24N4O2/c1-3-8-19-13-12(15)14(17-10-16-13)20-9-11-6-4-5-7-18(11)2/h10-11H,3-9,15H2,1-2H3. The monoisotopic (exact) mass is 280 g/mol. The number of piperidine rings is 1. The molecule has 1 aliphatic heterocycles. The normalized spacial score (nSPS) is 19.8. The minimum absolute atomic E-state index is 0.388. The van der Waals surface area contributed by atoms with Crippen LogP contribution in [0.4, 0.5) is 5.69 Å². The molecule has 1 fully saturated rings. The van der Waals surface area contributed by atoms with Crippen LogP contribution in [0.25, 0.3) is 0 Å². The lowest BCUT2D eigenvalue weighted by atomic mass is 10.0. The molecule has 2 N–H and O–H groups in total. The van der Waals surface area contributed by atoms with Crippen molar-refractivity contribution in [2.24, 2.45) is 0 Å². The van der Waals surface area contributed by atoms with Crippen LogP contribution in [-0.2, 0) is 0 Å². The van der Waals surface area contributed by atoms with Crippen LogP contribution in [0, 0.1) is 0 Å². The predicted octanol–water partition coefficient (Wildman–Crippen LogP) is 1.71. The highest BCUT2D eigenvalue weighted by atomic mass is 16.5. The number of hydrogen-bond acceptors (Lipinski definition) is 6. The third kappa shape index (κ3) is 3.72. The van der Waals surface area contributed by atoms with Gasteiger partial charge in [-0.3, -0.25) is 0 Å². The second kappa shape index (κ2) is 7.28. The maximum Gasteiger partial charge on any atom is 0.244 e. The van der Waals surface area contributed by atoms with Gasteiger partial charge in [-0.2, -0.15) is 9.97 Å². The van der Waals surface area contributed by atoms with Crippen LogP contribution >= 0.6 is 0 Å². The summed E-state index contributed by atoms with van der Waals surface area (Å²) in [6.45, 7) is 4.35. The van der Waals surface area contributed by atoms with Gasteiger partial charge in [-0.1, -0.05) is 13.3 Å². The second-order valence-corrected chi connectivity index (χ2v) is 5.19. The first-order valence-corrected chi connectivity index (χ1v) is 7.28. The average molecular weight is 280 g/mol. The number of likely N-dealkylation sites (N-methyl/N-ethyl adjacent to an activating group) is 1. The molecule has 0 bridgehead atoms. The summed E-state index contributed by atoms with van der Waals surface area (Å²) in [6.07, 6.45) is 6.01. The summed E-state index contributed by atoms with van der Waals surface area (Å²) in [5.74, 6) is 0.832. The highest BCUT2D eigenvalue weighted by Gasteiger charge is 2.20. The molecule has 6 nitrogen and oxygen atoms in total. The molecule has 0 aromatic carbocycles. The first-order valence-electron chi connectivity index (χ1n) is 7.28. The van der Waals surface area contributed by atoms with Crippen molar-refractivity contribution in [1.82, 2.24) is 14.9 Å². The molecule has 112 valence electrons. The van der Waals surface area contributed by atoms with Gasteiger partial charge in [0.15, 0.2) is 5.69 Å². The number of likely N-dealkylation sites (tertiary alicyclic amines) is 1. The zero-order chi connectivity index (χ0) is 14.4. The van der Waals surface area contributed by atoms with E-state index in [9.17, 15) is 0 Å². The highest BCUT2D eigenvalue weighted by molar-refractivity contribution is 5.55. The number of rotatable bonds is 6. The van der Waals surface area contributed by atoms with Crippen molar-refractivity contribution in [1.29, 1.82) is 0 Å². The lowest BCUT2D eigenvalue weighted by Crippen LogP contribution is -2.40. The molecule has 0 saturated carbocycles. The summed E-state index contributed by atoms with van der Waals surface area (Å²) in [4.78, 5) is 10.5. The highest BCUT2D eigenvalue weighted by Crippen LogP contribution is 2.27. The molecule has 1 aromatic heterocycles. The molecule has 1 aliphatic rings. The Bertz CT molecular complexity index is 428. The van der Waals surface area contributed by atoms with Gasteiger partial charge in [-0.05, 0) is 32.9 Å². The SMILES string of the molecule is CCCOc1ncnc(OCC2CCCCN2C)c1N. The summed E-state index contributed by atoms with van der Waals surface area (Å²) >= 11 is 0. The van der Waals surface area contributed by atoms with Crippen LogP contribution in [0.2, 0.25) is 0 Å². The number of anilines is 1. The second-order valence-electron chi connectivity index (χ2n) is 5.19. The molecular formula is C14H24N4O2. The molecule has 0 radical (unpaired) electrons. The van der Waals surface area contributed by atoms with Crippen LogP contribution in [0.3, 0.4) is 0 Å². The molecule has 1 atom stereocenters. The first-order chi connectivity index (χ1) is 9.72. The topological polar surface area (TPSA) is 73.5 Å². The van der Waals surface area contributed by atoms with Crippen molar-refractivity contribution >= 4 is 5.69 Å². The molecule has 0 spiro atoms. The van der Waals surface area contributed by atoms with Gasteiger partial charge in [0, 0.05) is 6.04 Å². The minimum Gasteiger partial charge on any atom is -0.476 e. The Morgan fingerprint density at radius 1 is 1.30 bits per heavy atom. The van der Waals surface area contributed by atoms with Gasteiger partial charge in [0.1, 0.15) is 12.9 Å². The zero-order valence-corrected chi connectivity index (χ0v) is 12.3. The smallest absolute Gasteiger partial charge is 0.244 e. The molecule has 6 heteroatoms. The Labute approximate surface area is 120 Å². The molecule has 0 aliphatic carbocycles. The number of hydrogen-bond donors (Lipinski definition) is 1. The Kier molecular flexibility index (Phi) is 5.40. The van der Waals surface area contributed by atoms with Gasteiger partial charge >= 0.3 is 0 Å². The summed E-state index contributed by atoms with van der Waals surface area (Å²) in [7, 11) is 2.13. The van der Waals surface area contributed by atoms with Crippen molar-refractivity contribution in [2.45, 2.75) is 38.6 Å². The van der Waals surface area contributed by atoms with Gasteiger partial charge in [-0.15, -0.1) is 0 Å². The van der Waals surface area contributed by atoms with E-state index in [0.717, 1.165) is 19.4 Å². The quantitative estimate of drug-likeness (QED) is 0.855. The fourth-order valence-electron chi connectivity index (χ4n) is 2.32. The summed E-state index contributed by atoms with van der Waals surface area (Å²) in [6, 6.07) is 0.429. The number of nitrogen functional groups attached to an aromatic ring is 1. The van der Waals surface area contributed by atoms with Gasteiger partial charge in [0.25, 0.3) is 0 Å².